The first-order chi connectivity index (χ1) is 24.2. The Bertz CT molecular complexity index is 2460. The minimum Gasteiger partial charge on any atom is -0.311 e. The zero-order valence-corrected chi connectivity index (χ0v) is 27.8. The van der Waals surface area contributed by atoms with Crippen LogP contribution in [0.5, 0.6) is 0 Å². The second-order valence-corrected chi connectivity index (χ2v) is 13.4. The van der Waals surface area contributed by atoms with Gasteiger partial charge in [0.05, 0.1) is 11.0 Å². The van der Waals surface area contributed by atoms with Gasteiger partial charge in [0, 0.05) is 33.5 Å². The highest BCUT2D eigenvalue weighted by Crippen LogP contribution is 2.43. The fraction of sp³-hybridized carbons (Fsp3) is 0.106. The molecule has 0 radical (unpaired) electrons. The van der Waals surface area contributed by atoms with Gasteiger partial charge < -0.3 is 9.47 Å². The Balaban J connectivity index is 1.22. The minimum atomic E-state index is 0.373. The molecule has 0 spiro atoms. The van der Waals surface area contributed by atoms with Crippen molar-refractivity contribution >= 4 is 55.1 Å². The average molecular weight is 631 g/mol. The molecule has 9 rings (SSSR count). The molecule has 1 atom stereocenters. The third-order valence-electron chi connectivity index (χ3n) is 10.1. The fourth-order valence-corrected chi connectivity index (χ4v) is 7.88. The van der Waals surface area contributed by atoms with Gasteiger partial charge >= 0.3 is 0 Å². The van der Waals surface area contributed by atoms with Gasteiger partial charge in [0.2, 0.25) is 0 Å². The van der Waals surface area contributed by atoms with E-state index in [0.717, 1.165) is 24.9 Å². The molecule has 49 heavy (non-hydrogen) atoms. The lowest BCUT2D eigenvalue weighted by atomic mass is 9.87. The van der Waals surface area contributed by atoms with Gasteiger partial charge in [-0.3, -0.25) is 0 Å². The van der Waals surface area contributed by atoms with Crippen molar-refractivity contribution in [1.82, 2.24) is 4.57 Å². The Morgan fingerprint density at radius 3 is 2.12 bits per heavy atom. The van der Waals surface area contributed by atoms with E-state index in [0.29, 0.717) is 5.92 Å². The minimum absolute atomic E-state index is 0.373. The third kappa shape index (κ3) is 5.30. The molecular weight excluding hydrogens is 593 g/mol. The lowest BCUT2D eigenvalue weighted by Crippen LogP contribution is -2.18. The number of benzene rings is 6. The lowest BCUT2D eigenvalue weighted by Gasteiger charge is -2.31. The van der Waals surface area contributed by atoms with Crippen LogP contribution in [0.2, 0.25) is 0 Å². The molecule has 0 saturated heterocycles. The van der Waals surface area contributed by atoms with Crippen molar-refractivity contribution in [3.05, 3.63) is 187 Å². The van der Waals surface area contributed by atoms with E-state index in [-0.39, 0.29) is 0 Å². The summed E-state index contributed by atoms with van der Waals surface area (Å²) in [7, 11) is 0. The predicted octanol–water partition coefficient (Wildman–Crippen LogP) is 12.8. The lowest BCUT2D eigenvalue weighted by molar-refractivity contribution is 0.739. The summed E-state index contributed by atoms with van der Waals surface area (Å²) in [6, 6.07) is 51.1. The molecule has 236 valence electrons. The summed E-state index contributed by atoms with van der Waals surface area (Å²) in [5.41, 5.74) is 12.6. The second kappa shape index (κ2) is 12.3. The molecule has 0 bridgehead atoms. The number of aromatic nitrogens is 1. The molecule has 0 amide bonds. The molecule has 1 unspecified atom stereocenters. The summed E-state index contributed by atoms with van der Waals surface area (Å²) in [6.45, 7) is 2.35. The van der Waals surface area contributed by atoms with Crippen molar-refractivity contribution < 1.29 is 0 Å². The Morgan fingerprint density at radius 2 is 1.37 bits per heavy atom. The highest BCUT2D eigenvalue weighted by Gasteiger charge is 2.23. The van der Waals surface area contributed by atoms with Gasteiger partial charge in [-0.25, -0.2) is 0 Å². The van der Waals surface area contributed by atoms with E-state index in [1.165, 1.54) is 71.9 Å². The maximum absolute atomic E-state index is 2.44. The van der Waals surface area contributed by atoms with Crippen molar-refractivity contribution in [3.63, 3.8) is 0 Å². The van der Waals surface area contributed by atoms with Crippen LogP contribution in [0.25, 0.3) is 49.4 Å². The Morgan fingerprint density at radius 1 is 0.653 bits per heavy atom. The highest BCUT2D eigenvalue weighted by atomic mass is 15.1. The summed E-state index contributed by atoms with van der Waals surface area (Å²) in [5.74, 6) is 0.373. The van der Waals surface area contributed by atoms with Crippen LogP contribution in [0.1, 0.15) is 37.3 Å². The van der Waals surface area contributed by atoms with Crippen LogP contribution >= 0.6 is 0 Å². The van der Waals surface area contributed by atoms with Crippen LogP contribution in [0, 0.1) is 5.92 Å². The third-order valence-corrected chi connectivity index (χ3v) is 10.1. The quantitative estimate of drug-likeness (QED) is 0.177. The predicted molar refractivity (Wildman–Crippen MR) is 210 cm³/mol. The number of rotatable bonds is 6. The van der Waals surface area contributed by atoms with E-state index in [2.05, 4.69) is 186 Å². The molecule has 2 heteroatoms. The van der Waals surface area contributed by atoms with Gasteiger partial charge in [-0.2, -0.15) is 0 Å². The van der Waals surface area contributed by atoms with Crippen LogP contribution < -0.4 is 4.90 Å². The van der Waals surface area contributed by atoms with Gasteiger partial charge in [-0.05, 0) is 119 Å². The van der Waals surface area contributed by atoms with Crippen LogP contribution in [-0.2, 0) is 0 Å². The standard InChI is InChI=1S/C47H38N2/c1-33-28-38(30-42(29-33)48(39-18-7-3-8-19-39)41-26-24-35(25-27-41)34-14-5-2-6-15-34)43-22-13-23-45-47(43)44-31-36-16-11-12-17-37(36)32-46(44)49(45)40-20-9-4-10-21-40/h2-5,7-14,16-27,29-33H,6,15,28H2,1H3. The van der Waals surface area contributed by atoms with Crippen LogP contribution in [0.4, 0.5) is 11.4 Å². The largest absolute Gasteiger partial charge is 0.311 e. The van der Waals surface area contributed by atoms with E-state index in [1.54, 1.807) is 0 Å². The van der Waals surface area contributed by atoms with Crippen LogP contribution in [0.15, 0.2) is 176 Å². The topological polar surface area (TPSA) is 8.17 Å². The normalized spacial score (nSPS) is 16.1. The molecule has 0 aliphatic heterocycles. The maximum atomic E-state index is 2.44. The Labute approximate surface area is 288 Å². The summed E-state index contributed by atoms with van der Waals surface area (Å²) in [5, 5.41) is 5.13. The molecule has 2 aliphatic rings. The van der Waals surface area contributed by atoms with Crippen molar-refractivity contribution in [1.29, 1.82) is 0 Å². The number of fused-ring (bicyclic) bond motifs is 4. The second-order valence-electron chi connectivity index (χ2n) is 13.4. The average Bonchev–Trinajstić information content (AvgIpc) is 3.48. The molecule has 2 nitrogen and oxygen atoms in total. The molecule has 2 aliphatic carbocycles. The molecule has 6 aromatic carbocycles. The number of allylic oxidation sites excluding steroid dienone is 7. The SMILES string of the molecule is CC1C=C(N(c2ccccc2)c2ccc(C3=CC=CCC3)cc2)C=C(c2cccc3c2c2cc4ccccc4cc2n3-c2ccccc2)C1. The summed E-state index contributed by atoms with van der Waals surface area (Å²) < 4.78 is 2.44. The number of anilines is 2. The first-order valence-electron chi connectivity index (χ1n) is 17.5. The molecule has 1 heterocycles. The van der Waals surface area contributed by atoms with Crippen LogP contribution in [-0.4, -0.2) is 4.57 Å². The van der Waals surface area contributed by atoms with Crippen molar-refractivity contribution in [2.24, 2.45) is 5.92 Å². The molecule has 7 aromatic rings. The van der Waals surface area contributed by atoms with Gasteiger partial charge in [-0.15, -0.1) is 0 Å². The molecular formula is C47H38N2. The zero-order chi connectivity index (χ0) is 32.7. The molecule has 1 aromatic heterocycles. The summed E-state index contributed by atoms with van der Waals surface area (Å²) >= 11 is 0. The molecule has 0 N–H and O–H groups in total. The van der Waals surface area contributed by atoms with Gasteiger partial charge in [0.15, 0.2) is 0 Å². The van der Waals surface area contributed by atoms with Crippen LogP contribution in [0.3, 0.4) is 0 Å². The van der Waals surface area contributed by atoms with E-state index >= 15 is 0 Å². The van der Waals surface area contributed by atoms with E-state index in [9.17, 15) is 0 Å². The first-order valence-corrected chi connectivity index (χ1v) is 17.5. The number of nitrogens with zero attached hydrogens (tertiary/aromatic N) is 2. The van der Waals surface area contributed by atoms with E-state index < -0.39 is 0 Å². The van der Waals surface area contributed by atoms with Gasteiger partial charge in [-0.1, -0.05) is 116 Å². The smallest absolute Gasteiger partial charge is 0.0547 e. The number of para-hydroxylation sites is 2. The van der Waals surface area contributed by atoms with Crippen molar-refractivity contribution in [2.75, 3.05) is 4.90 Å². The monoisotopic (exact) mass is 630 g/mol. The van der Waals surface area contributed by atoms with Gasteiger partial charge in [0.25, 0.3) is 0 Å². The summed E-state index contributed by atoms with van der Waals surface area (Å²) in [6.07, 6.45) is 14.8. The van der Waals surface area contributed by atoms with Gasteiger partial charge in [0.1, 0.15) is 0 Å². The van der Waals surface area contributed by atoms with Crippen molar-refractivity contribution in [3.8, 4) is 5.69 Å². The molecule has 0 fully saturated rings. The maximum Gasteiger partial charge on any atom is 0.0547 e. The highest BCUT2D eigenvalue weighted by molar-refractivity contribution is 6.17. The number of hydrogen-bond acceptors (Lipinski definition) is 1. The Hall–Kier alpha value is -5.86. The Kier molecular flexibility index (Phi) is 7.35. The van der Waals surface area contributed by atoms with E-state index in [1.807, 2.05) is 0 Å². The van der Waals surface area contributed by atoms with Crippen molar-refractivity contribution in [2.45, 2.75) is 26.2 Å². The summed E-state index contributed by atoms with van der Waals surface area (Å²) in [4.78, 5) is 2.43. The van der Waals surface area contributed by atoms with E-state index in [4.69, 9.17) is 0 Å². The first kappa shape index (κ1) is 29.3. The molecule has 0 saturated carbocycles. The zero-order valence-electron chi connectivity index (χ0n) is 27.8. The number of hydrogen-bond donors (Lipinski definition) is 0. The fourth-order valence-electron chi connectivity index (χ4n) is 7.88.